The van der Waals surface area contributed by atoms with Gasteiger partial charge in [0.05, 0.1) is 0 Å². The van der Waals surface area contributed by atoms with E-state index >= 15 is 0 Å². The van der Waals surface area contributed by atoms with Crippen molar-refractivity contribution in [3.63, 3.8) is 0 Å². The second kappa shape index (κ2) is 12.1. The molecule has 0 spiro atoms. The van der Waals surface area contributed by atoms with Crippen LogP contribution in [0.1, 0.15) is 0 Å². The predicted octanol–water partition coefficient (Wildman–Crippen LogP) is 15.9. The van der Waals surface area contributed by atoms with E-state index in [2.05, 4.69) is 206 Å². The lowest BCUT2D eigenvalue weighted by Crippen LogP contribution is -1.93. The zero-order valence-electron chi connectivity index (χ0n) is 30.6. The molecule has 0 aromatic heterocycles. The summed E-state index contributed by atoms with van der Waals surface area (Å²) in [6.45, 7) is 0. The van der Waals surface area contributed by atoms with Crippen LogP contribution in [0.25, 0.3) is 120 Å². The van der Waals surface area contributed by atoms with Gasteiger partial charge in [0.1, 0.15) is 0 Å². The first-order valence-electron chi connectivity index (χ1n) is 19.5. The summed E-state index contributed by atoms with van der Waals surface area (Å²) in [5.41, 5.74) is 7.43. The second-order valence-electron chi connectivity index (χ2n) is 15.2. The average Bonchev–Trinajstić information content (AvgIpc) is 3.27. The third-order valence-electron chi connectivity index (χ3n) is 12.2. The maximum Gasteiger partial charge on any atom is -0.00261 e. The molecular formula is C56H34. The van der Waals surface area contributed by atoms with Crippen LogP contribution in [0.2, 0.25) is 0 Å². The van der Waals surface area contributed by atoms with Crippen molar-refractivity contribution in [1.82, 2.24) is 0 Å². The molecule has 0 heteroatoms. The first kappa shape index (κ1) is 31.1. The molecule has 0 saturated carbocycles. The maximum absolute atomic E-state index is 2.48. The van der Waals surface area contributed by atoms with Gasteiger partial charge in [0.2, 0.25) is 0 Å². The van der Waals surface area contributed by atoms with Gasteiger partial charge in [0.15, 0.2) is 0 Å². The Morgan fingerprint density at radius 2 is 0.696 bits per heavy atom. The Bertz CT molecular complexity index is 3590. The lowest BCUT2D eigenvalue weighted by Gasteiger charge is -2.20. The van der Waals surface area contributed by atoms with Crippen molar-refractivity contribution in [2.24, 2.45) is 0 Å². The van der Waals surface area contributed by atoms with Gasteiger partial charge in [-0.1, -0.05) is 188 Å². The van der Waals surface area contributed by atoms with Gasteiger partial charge in [-0.05, 0) is 138 Å². The minimum Gasteiger partial charge on any atom is -0.0616 e. The second-order valence-corrected chi connectivity index (χ2v) is 15.2. The average molecular weight is 707 g/mol. The largest absolute Gasteiger partial charge is 0.0616 e. The minimum atomic E-state index is 1.22. The van der Waals surface area contributed by atoms with E-state index in [-0.39, 0.29) is 0 Å². The fourth-order valence-electron chi connectivity index (χ4n) is 9.59. The molecule has 12 aromatic rings. The molecule has 0 heterocycles. The predicted molar refractivity (Wildman–Crippen MR) is 243 cm³/mol. The van der Waals surface area contributed by atoms with Crippen molar-refractivity contribution in [3.05, 3.63) is 206 Å². The molecule has 12 aromatic carbocycles. The van der Waals surface area contributed by atoms with Gasteiger partial charge >= 0.3 is 0 Å². The van der Waals surface area contributed by atoms with Crippen molar-refractivity contribution in [2.75, 3.05) is 0 Å². The van der Waals surface area contributed by atoms with Crippen molar-refractivity contribution >= 4 is 86.2 Å². The number of benzene rings is 12. The van der Waals surface area contributed by atoms with Crippen LogP contribution in [0.5, 0.6) is 0 Å². The van der Waals surface area contributed by atoms with Gasteiger partial charge in [-0.25, -0.2) is 0 Å². The molecule has 0 aliphatic carbocycles. The molecule has 0 nitrogen and oxygen atoms in total. The number of fused-ring (bicyclic) bond motifs is 12. The molecule has 0 aliphatic heterocycles. The summed E-state index contributed by atoms with van der Waals surface area (Å²) in [7, 11) is 0. The molecule has 0 bridgehead atoms. The smallest absolute Gasteiger partial charge is 0.00261 e. The molecule has 0 radical (unpaired) electrons. The fraction of sp³-hybridized carbons (Fsp3) is 0. The van der Waals surface area contributed by atoms with Gasteiger partial charge in [-0.2, -0.15) is 0 Å². The Hall–Kier alpha value is -7.28. The minimum absolute atomic E-state index is 1.22. The van der Waals surface area contributed by atoms with Crippen LogP contribution in [0.15, 0.2) is 206 Å². The summed E-state index contributed by atoms with van der Waals surface area (Å²) in [6, 6.07) is 77.0. The number of hydrogen-bond acceptors (Lipinski definition) is 0. The normalized spacial score (nSPS) is 11.9. The van der Waals surface area contributed by atoms with Crippen molar-refractivity contribution in [2.45, 2.75) is 0 Å². The van der Waals surface area contributed by atoms with E-state index in [1.165, 1.54) is 120 Å². The fourth-order valence-corrected chi connectivity index (χ4v) is 9.59. The van der Waals surface area contributed by atoms with E-state index in [0.29, 0.717) is 0 Å². The summed E-state index contributed by atoms with van der Waals surface area (Å²) >= 11 is 0. The lowest BCUT2D eigenvalue weighted by molar-refractivity contribution is 1.64. The SMILES string of the molecule is c1ccc2c(c1)ccc1cc(-c3ccc4c(ccc5ccccc54)c3-c3cc(-c4cccc5ccc6ccccc6c45)c4ccc5ccccc5c4c3)ccc12. The molecule has 0 saturated heterocycles. The highest BCUT2D eigenvalue weighted by molar-refractivity contribution is 6.22. The van der Waals surface area contributed by atoms with Crippen LogP contribution in [-0.2, 0) is 0 Å². The molecule has 12 rings (SSSR count). The highest BCUT2D eigenvalue weighted by Crippen LogP contribution is 2.46. The quantitative estimate of drug-likeness (QED) is 0.160. The Labute approximate surface area is 324 Å². The van der Waals surface area contributed by atoms with Gasteiger partial charge in [0, 0.05) is 0 Å². The standard InChI is InChI=1S/C56H34/c1-5-15-43-35(10-1)21-23-40-32-41(26-27-46(40)43)48-30-31-49-44-16-6-2-11-36(44)25-29-52(49)56(48)42-33-53-45-17-7-3-12-37(45)24-28-50(53)54(34-42)51-19-9-14-39-22-20-38-13-4-8-18-47(38)55(39)51/h1-34H. The van der Waals surface area contributed by atoms with Gasteiger partial charge in [-0.3, -0.25) is 0 Å². The Morgan fingerprint density at radius 1 is 0.196 bits per heavy atom. The Balaban J connectivity index is 1.23. The topological polar surface area (TPSA) is 0 Å². The first-order chi connectivity index (χ1) is 27.8. The highest BCUT2D eigenvalue weighted by atomic mass is 14.2. The summed E-state index contributed by atoms with van der Waals surface area (Å²) in [5, 5.41) is 20.3. The van der Waals surface area contributed by atoms with Crippen LogP contribution in [0, 0.1) is 0 Å². The van der Waals surface area contributed by atoms with Crippen LogP contribution in [0.4, 0.5) is 0 Å². The molecule has 0 fully saturated rings. The molecule has 56 heavy (non-hydrogen) atoms. The zero-order valence-corrected chi connectivity index (χ0v) is 30.6. The van der Waals surface area contributed by atoms with E-state index in [0.717, 1.165) is 0 Å². The third kappa shape index (κ3) is 4.66. The van der Waals surface area contributed by atoms with Crippen molar-refractivity contribution in [1.29, 1.82) is 0 Å². The third-order valence-corrected chi connectivity index (χ3v) is 12.2. The summed E-state index contributed by atoms with van der Waals surface area (Å²) < 4.78 is 0. The molecule has 0 N–H and O–H groups in total. The van der Waals surface area contributed by atoms with E-state index in [9.17, 15) is 0 Å². The lowest BCUT2D eigenvalue weighted by atomic mass is 9.83. The molecule has 0 aliphatic rings. The number of hydrogen-bond donors (Lipinski definition) is 0. The first-order valence-corrected chi connectivity index (χ1v) is 19.5. The molecule has 0 amide bonds. The van der Waals surface area contributed by atoms with Crippen molar-refractivity contribution < 1.29 is 0 Å². The molecule has 0 unspecified atom stereocenters. The Morgan fingerprint density at radius 3 is 1.43 bits per heavy atom. The van der Waals surface area contributed by atoms with Gasteiger partial charge in [0.25, 0.3) is 0 Å². The van der Waals surface area contributed by atoms with E-state index in [1.54, 1.807) is 0 Å². The summed E-state index contributed by atoms with van der Waals surface area (Å²) in [4.78, 5) is 0. The Kier molecular flexibility index (Phi) is 6.73. The van der Waals surface area contributed by atoms with Crippen LogP contribution < -0.4 is 0 Å². The molecule has 0 atom stereocenters. The van der Waals surface area contributed by atoms with E-state index < -0.39 is 0 Å². The summed E-state index contributed by atoms with van der Waals surface area (Å²) in [5.74, 6) is 0. The van der Waals surface area contributed by atoms with Crippen molar-refractivity contribution in [3.8, 4) is 33.4 Å². The van der Waals surface area contributed by atoms with Gasteiger partial charge in [-0.15, -0.1) is 0 Å². The maximum atomic E-state index is 2.48. The monoisotopic (exact) mass is 706 g/mol. The number of rotatable bonds is 3. The van der Waals surface area contributed by atoms with Crippen LogP contribution in [-0.4, -0.2) is 0 Å². The molecule has 258 valence electrons. The van der Waals surface area contributed by atoms with E-state index in [1.807, 2.05) is 0 Å². The van der Waals surface area contributed by atoms with Gasteiger partial charge < -0.3 is 0 Å². The zero-order chi connectivity index (χ0) is 36.7. The highest BCUT2D eigenvalue weighted by Gasteiger charge is 2.19. The van der Waals surface area contributed by atoms with E-state index in [4.69, 9.17) is 0 Å². The van der Waals surface area contributed by atoms with Crippen LogP contribution >= 0.6 is 0 Å². The summed E-state index contributed by atoms with van der Waals surface area (Å²) in [6.07, 6.45) is 0. The van der Waals surface area contributed by atoms with Crippen LogP contribution in [0.3, 0.4) is 0 Å². The molecular weight excluding hydrogens is 673 g/mol.